The Bertz CT molecular complexity index is 192. The molecule has 0 unspecified atom stereocenters. The molecule has 0 spiro atoms. The van der Waals surface area contributed by atoms with Gasteiger partial charge in [0, 0.05) is 19.0 Å². The van der Waals surface area contributed by atoms with Gasteiger partial charge in [-0.3, -0.25) is 4.79 Å². The summed E-state index contributed by atoms with van der Waals surface area (Å²) in [6.07, 6.45) is 7.71. The number of amides is 1. The summed E-state index contributed by atoms with van der Waals surface area (Å²) >= 11 is 0. The van der Waals surface area contributed by atoms with Gasteiger partial charge >= 0.3 is 0 Å². The molecule has 0 aliphatic carbocycles. The number of carbonyl (C=O) groups is 1. The molecule has 0 aromatic heterocycles. The largest absolute Gasteiger partial charge is 0.345 e. The molecule has 2 N–H and O–H groups in total. The molecule has 0 aromatic carbocycles. The van der Waals surface area contributed by atoms with Crippen LogP contribution in [0.5, 0.6) is 0 Å². The summed E-state index contributed by atoms with van der Waals surface area (Å²) in [6, 6.07) is 0.524. The molecule has 0 saturated carbocycles. The van der Waals surface area contributed by atoms with Crippen LogP contribution in [0.3, 0.4) is 0 Å². The van der Waals surface area contributed by atoms with Gasteiger partial charge in [0.2, 0.25) is 5.91 Å². The molecule has 1 amide bonds. The van der Waals surface area contributed by atoms with Crippen LogP contribution in [0.15, 0.2) is 0 Å². The third kappa shape index (κ3) is 6.50. The minimum Gasteiger partial charge on any atom is -0.345 e. The molecule has 80 valence electrons. The summed E-state index contributed by atoms with van der Waals surface area (Å²) in [5, 5.41) is 5.94. The smallest absolute Gasteiger partial charge is 0.222 e. The van der Waals surface area contributed by atoms with Crippen molar-refractivity contribution in [2.24, 2.45) is 0 Å². The van der Waals surface area contributed by atoms with E-state index in [9.17, 15) is 4.79 Å². The average Bonchev–Trinajstić information content (AvgIpc) is 2.21. The Morgan fingerprint density at radius 2 is 2.07 bits per heavy atom. The molecular weight excluding hydrogens is 176 g/mol. The standard InChI is InChI=1S/C11H20N2O/c1-4-8-13-11(14)7-9-12-10(5-2)6-3/h1,10,12H,5-9H2,2-3H3,(H,13,14). The van der Waals surface area contributed by atoms with Crippen molar-refractivity contribution in [1.82, 2.24) is 10.6 Å². The van der Waals surface area contributed by atoms with E-state index in [4.69, 9.17) is 6.42 Å². The maximum absolute atomic E-state index is 11.1. The summed E-state index contributed by atoms with van der Waals surface area (Å²) in [5.74, 6) is 2.38. The van der Waals surface area contributed by atoms with Crippen molar-refractivity contribution in [3.63, 3.8) is 0 Å². The van der Waals surface area contributed by atoms with Crippen LogP contribution in [0.4, 0.5) is 0 Å². The average molecular weight is 196 g/mol. The predicted octanol–water partition coefficient (Wildman–Crippen LogP) is 0.904. The van der Waals surface area contributed by atoms with Crippen LogP contribution < -0.4 is 10.6 Å². The van der Waals surface area contributed by atoms with E-state index in [1.54, 1.807) is 0 Å². The minimum absolute atomic E-state index is 0.0152. The monoisotopic (exact) mass is 196 g/mol. The van der Waals surface area contributed by atoms with Crippen LogP contribution in [0.1, 0.15) is 33.1 Å². The zero-order valence-electron chi connectivity index (χ0n) is 9.10. The van der Waals surface area contributed by atoms with E-state index in [1.807, 2.05) is 0 Å². The Hall–Kier alpha value is -1.01. The van der Waals surface area contributed by atoms with Crippen LogP contribution in [0.25, 0.3) is 0 Å². The number of hydrogen-bond acceptors (Lipinski definition) is 2. The second-order valence-electron chi connectivity index (χ2n) is 3.20. The second kappa shape index (κ2) is 8.58. The van der Waals surface area contributed by atoms with Gasteiger partial charge in [0.05, 0.1) is 6.54 Å². The molecule has 0 radical (unpaired) electrons. The first-order chi connectivity index (χ1) is 6.74. The lowest BCUT2D eigenvalue weighted by Crippen LogP contribution is -2.33. The Labute approximate surface area is 86.6 Å². The van der Waals surface area contributed by atoms with E-state index in [2.05, 4.69) is 30.4 Å². The van der Waals surface area contributed by atoms with Gasteiger partial charge < -0.3 is 10.6 Å². The summed E-state index contributed by atoms with van der Waals surface area (Å²) in [7, 11) is 0. The van der Waals surface area contributed by atoms with Gasteiger partial charge in [-0.2, -0.15) is 0 Å². The number of rotatable bonds is 7. The van der Waals surface area contributed by atoms with Crippen LogP contribution in [0.2, 0.25) is 0 Å². The van der Waals surface area contributed by atoms with E-state index < -0.39 is 0 Å². The molecular formula is C11H20N2O. The SMILES string of the molecule is C#CCNC(=O)CCNC(CC)CC. The van der Waals surface area contributed by atoms with Gasteiger partial charge in [-0.05, 0) is 12.8 Å². The van der Waals surface area contributed by atoms with Crippen LogP contribution in [0, 0.1) is 12.3 Å². The second-order valence-corrected chi connectivity index (χ2v) is 3.20. The summed E-state index contributed by atoms with van der Waals surface area (Å²) in [4.78, 5) is 11.1. The maximum atomic E-state index is 11.1. The molecule has 3 heteroatoms. The molecule has 0 aromatic rings. The van der Waals surface area contributed by atoms with Crippen molar-refractivity contribution in [1.29, 1.82) is 0 Å². The van der Waals surface area contributed by atoms with E-state index in [1.165, 1.54) is 0 Å². The number of carbonyl (C=O) groups excluding carboxylic acids is 1. The fraction of sp³-hybridized carbons (Fsp3) is 0.727. The first-order valence-corrected chi connectivity index (χ1v) is 5.18. The van der Waals surface area contributed by atoms with Crippen LogP contribution in [-0.2, 0) is 4.79 Å². The molecule has 3 nitrogen and oxygen atoms in total. The highest BCUT2D eigenvalue weighted by Crippen LogP contribution is 1.95. The fourth-order valence-corrected chi connectivity index (χ4v) is 1.21. The third-order valence-corrected chi connectivity index (χ3v) is 2.16. The van der Waals surface area contributed by atoms with Crippen molar-refractivity contribution in [3.8, 4) is 12.3 Å². The van der Waals surface area contributed by atoms with E-state index in [0.29, 0.717) is 19.0 Å². The number of hydrogen-bond donors (Lipinski definition) is 2. The highest BCUT2D eigenvalue weighted by Gasteiger charge is 2.03. The number of terminal acetylenes is 1. The van der Waals surface area contributed by atoms with E-state index >= 15 is 0 Å². The van der Waals surface area contributed by atoms with E-state index in [-0.39, 0.29) is 5.91 Å². The first-order valence-electron chi connectivity index (χ1n) is 5.18. The molecule has 0 aliphatic heterocycles. The molecule has 0 fully saturated rings. The zero-order chi connectivity index (χ0) is 10.8. The van der Waals surface area contributed by atoms with Crippen molar-refractivity contribution >= 4 is 5.91 Å². The van der Waals surface area contributed by atoms with E-state index in [0.717, 1.165) is 19.4 Å². The normalized spacial score (nSPS) is 9.86. The lowest BCUT2D eigenvalue weighted by molar-refractivity contribution is -0.120. The summed E-state index contributed by atoms with van der Waals surface area (Å²) in [5.41, 5.74) is 0. The Kier molecular flexibility index (Phi) is 7.96. The molecule has 0 bridgehead atoms. The molecule has 14 heavy (non-hydrogen) atoms. The van der Waals surface area contributed by atoms with Crippen LogP contribution in [-0.4, -0.2) is 25.0 Å². The molecule has 0 rings (SSSR count). The van der Waals surface area contributed by atoms with Gasteiger partial charge in [-0.15, -0.1) is 6.42 Å². The van der Waals surface area contributed by atoms with Gasteiger partial charge in [-0.1, -0.05) is 19.8 Å². The highest BCUT2D eigenvalue weighted by molar-refractivity contribution is 5.76. The molecule has 0 atom stereocenters. The van der Waals surface area contributed by atoms with Gasteiger partial charge in [0.15, 0.2) is 0 Å². The molecule has 0 saturated heterocycles. The van der Waals surface area contributed by atoms with Gasteiger partial charge in [-0.25, -0.2) is 0 Å². The Morgan fingerprint density at radius 3 is 2.57 bits per heavy atom. The Morgan fingerprint density at radius 1 is 1.43 bits per heavy atom. The van der Waals surface area contributed by atoms with Crippen molar-refractivity contribution in [2.75, 3.05) is 13.1 Å². The van der Waals surface area contributed by atoms with Crippen LogP contribution >= 0.6 is 0 Å². The number of nitrogens with one attached hydrogen (secondary N) is 2. The summed E-state index contributed by atoms with van der Waals surface area (Å²) < 4.78 is 0. The van der Waals surface area contributed by atoms with Crippen molar-refractivity contribution in [3.05, 3.63) is 0 Å². The van der Waals surface area contributed by atoms with Crippen molar-refractivity contribution < 1.29 is 4.79 Å². The fourth-order valence-electron chi connectivity index (χ4n) is 1.21. The van der Waals surface area contributed by atoms with Crippen molar-refractivity contribution in [2.45, 2.75) is 39.2 Å². The molecule has 0 aliphatic rings. The van der Waals surface area contributed by atoms with Gasteiger partial charge in [0.1, 0.15) is 0 Å². The lowest BCUT2D eigenvalue weighted by atomic mass is 10.2. The topological polar surface area (TPSA) is 41.1 Å². The third-order valence-electron chi connectivity index (χ3n) is 2.16. The minimum atomic E-state index is 0.0152. The molecule has 0 heterocycles. The quantitative estimate of drug-likeness (QED) is 0.594. The Balaban J connectivity index is 3.44. The lowest BCUT2D eigenvalue weighted by Gasteiger charge is -2.13. The summed E-state index contributed by atoms with van der Waals surface area (Å²) in [6.45, 7) is 5.33. The predicted molar refractivity (Wildman–Crippen MR) is 58.8 cm³/mol. The van der Waals surface area contributed by atoms with Gasteiger partial charge in [0.25, 0.3) is 0 Å². The highest BCUT2D eigenvalue weighted by atomic mass is 16.1. The zero-order valence-corrected chi connectivity index (χ0v) is 9.10. The first kappa shape index (κ1) is 13.0. The maximum Gasteiger partial charge on any atom is 0.222 e.